The lowest BCUT2D eigenvalue weighted by Gasteiger charge is -2.31. The Morgan fingerprint density at radius 1 is 1.44 bits per heavy atom. The second-order valence-electron chi connectivity index (χ2n) is 5.11. The van der Waals surface area contributed by atoms with Crippen LogP contribution >= 0.6 is 0 Å². The minimum Gasteiger partial charge on any atom is -0.396 e. The molecule has 0 amide bonds. The molecule has 0 aromatic rings. The number of aliphatic hydroxyl groups is 1. The van der Waals surface area contributed by atoms with Crippen LogP contribution in [0.25, 0.3) is 0 Å². The van der Waals surface area contributed by atoms with Crippen molar-refractivity contribution in [1.82, 2.24) is 4.31 Å². The van der Waals surface area contributed by atoms with Crippen molar-refractivity contribution in [2.45, 2.75) is 39.2 Å². The number of hydrogen-bond acceptors (Lipinski definition) is 4. The molecular weight excluding hydrogens is 254 g/mol. The molecule has 1 aliphatic heterocycles. The fourth-order valence-electron chi connectivity index (χ4n) is 2.22. The van der Waals surface area contributed by atoms with Crippen LogP contribution in [0.1, 0.15) is 33.1 Å². The second-order valence-corrected chi connectivity index (χ2v) is 7.20. The Hall–Kier alpha value is -0.170. The SMILES string of the molecule is CC(C)OCCS(=O)(=O)N1CCCC(CCO)C1. The Kier molecular flexibility index (Phi) is 6.55. The number of hydrogen-bond donors (Lipinski definition) is 1. The number of nitrogens with zero attached hydrogens (tertiary/aromatic N) is 1. The fraction of sp³-hybridized carbons (Fsp3) is 1.00. The molecule has 1 N–H and O–H groups in total. The van der Waals surface area contributed by atoms with E-state index in [9.17, 15) is 8.42 Å². The molecule has 0 aliphatic carbocycles. The maximum Gasteiger partial charge on any atom is 0.216 e. The lowest BCUT2D eigenvalue weighted by Crippen LogP contribution is -2.42. The highest BCUT2D eigenvalue weighted by atomic mass is 32.2. The Balaban J connectivity index is 2.45. The largest absolute Gasteiger partial charge is 0.396 e. The van der Waals surface area contributed by atoms with Crippen LogP contribution in [0.3, 0.4) is 0 Å². The summed E-state index contributed by atoms with van der Waals surface area (Å²) in [6.45, 7) is 5.32. The van der Waals surface area contributed by atoms with Gasteiger partial charge in [-0.1, -0.05) is 0 Å². The van der Waals surface area contributed by atoms with Gasteiger partial charge in [-0.15, -0.1) is 0 Å². The van der Waals surface area contributed by atoms with E-state index in [-0.39, 0.29) is 25.1 Å². The van der Waals surface area contributed by atoms with Crippen molar-refractivity contribution in [1.29, 1.82) is 0 Å². The molecule has 1 saturated heterocycles. The van der Waals surface area contributed by atoms with Gasteiger partial charge in [0.2, 0.25) is 10.0 Å². The van der Waals surface area contributed by atoms with Crippen molar-refractivity contribution in [3.63, 3.8) is 0 Å². The molecule has 1 unspecified atom stereocenters. The summed E-state index contributed by atoms with van der Waals surface area (Å²) < 4.78 is 31.1. The van der Waals surface area contributed by atoms with Crippen LogP contribution in [-0.2, 0) is 14.8 Å². The molecule has 1 atom stereocenters. The maximum atomic E-state index is 12.1. The van der Waals surface area contributed by atoms with Gasteiger partial charge in [0.15, 0.2) is 0 Å². The van der Waals surface area contributed by atoms with E-state index in [0.29, 0.717) is 25.4 Å². The highest BCUT2D eigenvalue weighted by molar-refractivity contribution is 7.89. The van der Waals surface area contributed by atoms with Crippen LogP contribution in [0.2, 0.25) is 0 Å². The summed E-state index contributed by atoms with van der Waals surface area (Å²) in [7, 11) is -3.20. The van der Waals surface area contributed by atoms with E-state index in [1.165, 1.54) is 0 Å². The first-order chi connectivity index (χ1) is 8.45. The predicted molar refractivity (Wildman–Crippen MR) is 70.9 cm³/mol. The zero-order valence-corrected chi connectivity index (χ0v) is 12.2. The van der Waals surface area contributed by atoms with E-state index in [4.69, 9.17) is 9.84 Å². The van der Waals surface area contributed by atoms with Gasteiger partial charge in [-0.05, 0) is 39.0 Å². The Labute approximate surface area is 110 Å². The van der Waals surface area contributed by atoms with Gasteiger partial charge in [-0.25, -0.2) is 12.7 Å². The first-order valence-electron chi connectivity index (χ1n) is 6.66. The molecule has 6 heteroatoms. The van der Waals surface area contributed by atoms with E-state index in [2.05, 4.69) is 0 Å². The zero-order chi connectivity index (χ0) is 13.6. The van der Waals surface area contributed by atoms with E-state index in [1.54, 1.807) is 4.31 Å². The third-order valence-electron chi connectivity index (χ3n) is 3.20. The van der Waals surface area contributed by atoms with Gasteiger partial charge in [0.05, 0.1) is 18.5 Å². The molecular formula is C12H25NO4S. The Morgan fingerprint density at radius 3 is 2.78 bits per heavy atom. The standard InChI is InChI=1S/C12H25NO4S/c1-11(2)17-8-9-18(15,16)13-6-3-4-12(10-13)5-7-14/h11-12,14H,3-10H2,1-2H3. The van der Waals surface area contributed by atoms with Crippen molar-refractivity contribution in [3.8, 4) is 0 Å². The van der Waals surface area contributed by atoms with E-state index in [0.717, 1.165) is 12.8 Å². The van der Waals surface area contributed by atoms with Gasteiger partial charge >= 0.3 is 0 Å². The van der Waals surface area contributed by atoms with Crippen molar-refractivity contribution >= 4 is 10.0 Å². The topological polar surface area (TPSA) is 66.8 Å². The number of aliphatic hydroxyl groups excluding tert-OH is 1. The van der Waals surface area contributed by atoms with Gasteiger partial charge in [0, 0.05) is 19.7 Å². The van der Waals surface area contributed by atoms with Crippen LogP contribution in [0.4, 0.5) is 0 Å². The summed E-state index contributed by atoms with van der Waals surface area (Å²) in [6.07, 6.45) is 2.64. The van der Waals surface area contributed by atoms with Crippen LogP contribution in [0, 0.1) is 5.92 Å². The molecule has 0 aromatic heterocycles. The van der Waals surface area contributed by atoms with Gasteiger partial charge in [0.1, 0.15) is 0 Å². The van der Waals surface area contributed by atoms with Crippen LogP contribution in [0.15, 0.2) is 0 Å². The Bertz CT molecular complexity index is 327. The summed E-state index contributed by atoms with van der Waals surface area (Å²) in [4.78, 5) is 0. The van der Waals surface area contributed by atoms with E-state index in [1.807, 2.05) is 13.8 Å². The molecule has 1 rings (SSSR count). The molecule has 5 nitrogen and oxygen atoms in total. The Morgan fingerprint density at radius 2 is 2.17 bits per heavy atom. The van der Waals surface area contributed by atoms with Gasteiger partial charge in [-0.3, -0.25) is 0 Å². The fourth-order valence-corrected chi connectivity index (χ4v) is 3.63. The van der Waals surface area contributed by atoms with Crippen molar-refractivity contribution in [3.05, 3.63) is 0 Å². The average molecular weight is 279 g/mol. The first-order valence-corrected chi connectivity index (χ1v) is 8.27. The number of sulfonamides is 1. The number of piperidine rings is 1. The molecule has 1 heterocycles. The smallest absolute Gasteiger partial charge is 0.216 e. The van der Waals surface area contributed by atoms with Crippen LogP contribution in [-0.4, -0.2) is 56.0 Å². The van der Waals surface area contributed by atoms with Gasteiger partial charge < -0.3 is 9.84 Å². The third-order valence-corrected chi connectivity index (χ3v) is 5.01. The minimum absolute atomic E-state index is 0.0526. The summed E-state index contributed by atoms with van der Waals surface area (Å²) in [6, 6.07) is 0. The first kappa shape index (κ1) is 15.9. The predicted octanol–water partition coefficient (Wildman–Crippen LogP) is 0.836. The average Bonchev–Trinajstić information content (AvgIpc) is 2.29. The quantitative estimate of drug-likeness (QED) is 0.750. The minimum atomic E-state index is -3.20. The molecule has 0 bridgehead atoms. The summed E-state index contributed by atoms with van der Waals surface area (Å²) in [5.41, 5.74) is 0. The van der Waals surface area contributed by atoms with Crippen molar-refractivity contribution in [2.75, 3.05) is 32.1 Å². The summed E-state index contributed by atoms with van der Waals surface area (Å²) >= 11 is 0. The van der Waals surface area contributed by atoms with E-state index < -0.39 is 10.0 Å². The molecule has 0 radical (unpaired) electrons. The van der Waals surface area contributed by atoms with Crippen LogP contribution in [0.5, 0.6) is 0 Å². The van der Waals surface area contributed by atoms with Gasteiger partial charge in [-0.2, -0.15) is 0 Å². The lowest BCUT2D eigenvalue weighted by molar-refractivity contribution is 0.0903. The third kappa shape index (κ3) is 5.22. The monoisotopic (exact) mass is 279 g/mol. The maximum absolute atomic E-state index is 12.1. The lowest BCUT2D eigenvalue weighted by atomic mass is 9.97. The molecule has 1 aliphatic rings. The molecule has 108 valence electrons. The van der Waals surface area contributed by atoms with E-state index >= 15 is 0 Å². The molecule has 0 aromatic carbocycles. The highest BCUT2D eigenvalue weighted by Gasteiger charge is 2.28. The number of rotatable bonds is 7. The van der Waals surface area contributed by atoms with Crippen molar-refractivity contribution < 1.29 is 18.3 Å². The van der Waals surface area contributed by atoms with Gasteiger partial charge in [0.25, 0.3) is 0 Å². The van der Waals surface area contributed by atoms with Crippen LogP contribution < -0.4 is 0 Å². The zero-order valence-electron chi connectivity index (χ0n) is 11.3. The highest BCUT2D eigenvalue weighted by Crippen LogP contribution is 2.21. The second kappa shape index (κ2) is 7.43. The molecule has 0 spiro atoms. The molecule has 1 fully saturated rings. The molecule has 0 saturated carbocycles. The number of ether oxygens (including phenoxy) is 1. The summed E-state index contributed by atoms with van der Waals surface area (Å²) in [5, 5.41) is 8.92. The molecule has 18 heavy (non-hydrogen) atoms. The van der Waals surface area contributed by atoms with Crippen molar-refractivity contribution in [2.24, 2.45) is 5.92 Å². The normalized spacial score (nSPS) is 22.6. The summed E-state index contributed by atoms with van der Waals surface area (Å²) in [5.74, 6) is 0.348.